The van der Waals surface area contributed by atoms with Gasteiger partial charge in [0.2, 0.25) is 0 Å². The van der Waals surface area contributed by atoms with Crippen molar-refractivity contribution in [3.63, 3.8) is 0 Å². The quantitative estimate of drug-likeness (QED) is 0.574. The molecule has 0 spiro atoms. The normalized spacial score (nSPS) is 13.4. The van der Waals surface area contributed by atoms with E-state index in [4.69, 9.17) is 4.74 Å². The summed E-state index contributed by atoms with van der Waals surface area (Å²) in [6.07, 6.45) is 3.12. The van der Waals surface area contributed by atoms with Gasteiger partial charge in [-0.3, -0.25) is 4.79 Å². The van der Waals surface area contributed by atoms with E-state index in [0.717, 1.165) is 11.3 Å². The van der Waals surface area contributed by atoms with Crippen LogP contribution in [0.25, 0.3) is 6.08 Å². The second kappa shape index (κ2) is 9.79. The van der Waals surface area contributed by atoms with Gasteiger partial charge in [0.05, 0.1) is 0 Å². The number of esters is 1. The largest absolute Gasteiger partial charge is 0.449 e. The molecule has 132 valence electrons. The molecule has 1 aromatic heterocycles. The second-order valence-corrected chi connectivity index (χ2v) is 6.67. The van der Waals surface area contributed by atoms with Gasteiger partial charge in [0.15, 0.2) is 6.10 Å². The number of rotatable bonds is 8. The fraction of sp³-hybridized carbons (Fsp3) is 0.300. The molecule has 0 aliphatic rings. The van der Waals surface area contributed by atoms with Crippen molar-refractivity contribution < 1.29 is 14.3 Å². The van der Waals surface area contributed by atoms with Crippen molar-refractivity contribution in [1.82, 2.24) is 5.32 Å². The highest BCUT2D eigenvalue weighted by atomic mass is 32.1. The first-order valence-electron chi connectivity index (χ1n) is 8.35. The van der Waals surface area contributed by atoms with Gasteiger partial charge >= 0.3 is 5.97 Å². The van der Waals surface area contributed by atoms with Crippen LogP contribution < -0.4 is 5.32 Å². The van der Waals surface area contributed by atoms with Crippen molar-refractivity contribution in [3.05, 3.63) is 64.4 Å². The Morgan fingerprint density at radius 2 is 1.96 bits per heavy atom. The van der Waals surface area contributed by atoms with Crippen molar-refractivity contribution in [2.75, 3.05) is 6.54 Å². The fourth-order valence-electron chi connectivity index (χ4n) is 2.39. The minimum Gasteiger partial charge on any atom is -0.449 e. The molecule has 1 heterocycles. The lowest BCUT2D eigenvalue weighted by atomic mass is 9.96. The monoisotopic (exact) mass is 357 g/mol. The molecule has 0 saturated heterocycles. The Labute approximate surface area is 152 Å². The van der Waals surface area contributed by atoms with E-state index in [1.165, 1.54) is 23.0 Å². The van der Waals surface area contributed by atoms with Crippen molar-refractivity contribution in [1.29, 1.82) is 0 Å². The van der Waals surface area contributed by atoms with E-state index in [-0.39, 0.29) is 11.8 Å². The maximum Gasteiger partial charge on any atom is 0.331 e. The number of carbonyl (C=O) groups is 2. The Hall–Kier alpha value is -2.40. The fourth-order valence-corrected chi connectivity index (χ4v) is 3.01. The van der Waals surface area contributed by atoms with Crippen LogP contribution in [-0.4, -0.2) is 24.5 Å². The molecule has 0 aliphatic carbocycles. The van der Waals surface area contributed by atoms with Crippen molar-refractivity contribution in [2.24, 2.45) is 0 Å². The van der Waals surface area contributed by atoms with Crippen LogP contribution in [0.2, 0.25) is 0 Å². The van der Waals surface area contributed by atoms with Gasteiger partial charge in [-0.1, -0.05) is 43.3 Å². The highest BCUT2D eigenvalue weighted by Gasteiger charge is 2.18. The lowest BCUT2D eigenvalue weighted by molar-refractivity contribution is -0.150. The molecule has 0 radical (unpaired) electrons. The minimum absolute atomic E-state index is 0.242. The third-order valence-corrected chi connectivity index (χ3v) is 4.71. The number of hydrogen-bond donors (Lipinski definition) is 1. The number of amides is 1. The summed E-state index contributed by atoms with van der Waals surface area (Å²) in [6.45, 7) is 4.19. The highest BCUT2D eigenvalue weighted by molar-refractivity contribution is 7.10. The van der Waals surface area contributed by atoms with E-state index < -0.39 is 12.1 Å². The van der Waals surface area contributed by atoms with Gasteiger partial charge in [-0.2, -0.15) is 0 Å². The van der Waals surface area contributed by atoms with E-state index in [1.807, 2.05) is 35.7 Å². The Morgan fingerprint density at radius 1 is 1.20 bits per heavy atom. The van der Waals surface area contributed by atoms with Gasteiger partial charge in [-0.15, -0.1) is 11.3 Å². The number of thiophene rings is 1. The molecule has 2 atom stereocenters. The van der Waals surface area contributed by atoms with Crippen LogP contribution in [0.1, 0.15) is 36.6 Å². The maximum atomic E-state index is 12.2. The van der Waals surface area contributed by atoms with Crippen LogP contribution in [0.4, 0.5) is 0 Å². The number of hydrogen-bond acceptors (Lipinski definition) is 4. The molecule has 5 heteroatoms. The number of nitrogens with one attached hydrogen (secondary N) is 1. The maximum absolute atomic E-state index is 12.2. The Morgan fingerprint density at radius 3 is 2.60 bits per heavy atom. The van der Waals surface area contributed by atoms with Gasteiger partial charge in [-0.05, 0) is 36.4 Å². The molecule has 1 N–H and O–H groups in total. The predicted molar refractivity (Wildman–Crippen MR) is 101 cm³/mol. The standard InChI is InChI=1S/C20H23NO3S/c1-3-16(17-8-5-4-6-9-17)14-21-20(23)15(2)24-19(22)12-11-18-10-7-13-25-18/h4-13,15-16H,3,14H2,1-2H3,(H,21,23)/b12-11+/t15-,16-/m0/s1. The molecular weight excluding hydrogens is 334 g/mol. The first-order chi connectivity index (χ1) is 12.1. The van der Waals surface area contributed by atoms with E-state index in [0.29, 0.717) is 6.54 Å². The minimum atomic E-state index is -0.825. The summed E-state index contributed by atoms with van der Waals surface area (Å²) in [5, 5.41) is 4.80. The molecular formula is C20H23NO3S. The average Bonchev–Trinajstić information content (AvgIpc) is 3.14. The summed E-state index contributed by atoms with van der Waals surface area (Å²) in [6, 6.07) is 13.9. The smallest absolute Gasteiger partial charge is 0.331 e. The topological polar surface area (TPSA) is 55.4 Å². The molecule has 25 heavy (non-hydrogen) atoms. The van der Waals surface area contributed by atoms with E-state index in [1.54, 1.807) is 13.0 Å². The molecule has 2 aromatic rings. The molecule has 0 unspecified atom stereocenters. The zero-order valence-electron chi connectivity index (χ0n) is 14.5. The zero-order chi connectivity index (χ0) is 18.1. The average molecular weight is 357 g/mol. The summed E-state index contributed by atoms with van der Waals surface area (Å²) in [7, 11) is 0. The molecule has 4 nitrogen and oxygen atoms in total. The third-order valence-electron chi connectivity index (χ3n) is 3.88. The first kappa shape index (κ1) is 18.9. The van der Waals surface area contributed by atoms with Gasteiger partial charge in [-0.25, -0.2) is 4.79 Å². The van der Waals surface area contributed by atoms with Crippen molar-refractivity contribution >= 4 is 29.3 Å². The van der Waals surface area contributed by atoms with Crippen LogP contribution in [0.5, 0.6) is 0 Å². The molecule has 0 bridgehead atoms. The molecule has 0 saturated carbocycles. The van der Waals surface area contributed by atoms with Crippen LogP contribution in [0, 0.1) is 0 Å². The van der Waals surface area contributed by atoms with Crippen LogP contribution >= 0.6 is 11.3 Å². The number of ether oxygens (including phenoxy) is 1. The Balaban J connectivity index is 1.80. The second-order valence-electron chi connectivity index (χ2n) is 5.69. The van der Waals surface area contributed by atoms with E-state index in [9.17, 15) is 9.59 Å². The summed E-state index contributed by atoms with van der Waals surface area (Å²) >= 11 is 1.53. The van der Waals surface area contributed by atoms with Gasteiger partial charge in [0.25, 0.3) is 5.91 Å². The molecule has 1 amide bonds. The lowest BCUT2D eigenvalue weighted by Crippen LogP contribution is -2.37. The van der Waals surface area contributed by atoms with Crippen LogP contribution in [-0.2, 0) is 14.3 Å². The molecule has 0 aliphatic heterocycles. The van der Waals surface area contributed by atoms with Crippen LogP contribution in [0.15, 0.2) is 53.9 Å². The third kappa shape index (κ3) is 6.19. The lowest BCUT2D eigenvalue weighted by Gasteiger charge is -2.18. The van der Waals surface area contributed by atoms with E-state index in [2.05, 4.69) is 24.4 Å². The first-order valence-corrected chi connectivity index (χ1v) is 9.23. The number of carbonyl (C=O) groups excluding carboxylic acids is 2. The van der Waals surface area contributed by atoms with E-state index >= 15 is 0 Å². The van der Waals surface area contributed by atoms with Crippen molar-refractivity contribution in [2.45, 2.75) is 32.3 Å². The highest BCUT2D eigenvalue weighted by Crippen LogP contribution is 2.18. The summed E-state index contributed by atoms with van der Waals surface area (Å²) in [5.74, 6) is -0.565. The number of benzene rings is 1. The molecule has 0 fully saturated rings. The van der Waals surface area contributed by atoms with Crippen molar-refractivity contribution in [3.8, 4) is 0 Å². The van der Waals surface area contributed by atoms with Gasteiger partial charge in [0, 0.05) is 23.4 Å². The predicted octanol–water partition coefficient (Wildman–Crippen LogP) is 4.00. The SMILES string of the molecule is CC[C@@H](CNC(=O)[C@H](C)OC(=O)/C=C/c1cccs1)c1ccccc1. The zero-order valence-corrected chi connectivity index (χ0v) is 15.3. The summed E-state index contributed by atoms with van der Waals surface area (Å²) in [5.41, 5.74) is 1.19. The van der Waals surface area contributed by atoms with Gasteiger partial charge < -0.3 is 10.1 Å². The molecule has 2 rings (SSSR count). The Bertz CT molecular complexity index is 695. The summed E-state index contributed by atoms with van der Waals surface area (Å²) in [4.78, 5) is 24.9. The molecule has 1 aromatic carbocycles. The van der Waals surface area contributed by atoms with Crippen LogP contribution in [0.3, 0.4) is 0 Å². The summed E-state index contributed by atoms with van der Waals surface area (Å²) < 4.78 is 5.15. The Kier molecular flexibility index (Phi) is 7.41. The van der Waals surface area contributed by atoms with Gasteiger partial charge in [0.1, 0.15) is 0 Å².